The first kappa shape index (κ1) is 22.8. The molecular formula is C23H30N2O7S. The third kappa shape index (κ3) is 3.77. The van der Waals surface area contributed by atoms with Gasteiger partial charge in [0.2, 0.25) is 10.0 Å². The molecule has 3 aliphatic heterocycles. The molecular weight excluding hydrogens is 448 g/mol. The normalized spacial score (nSPS) is 21.8. The van der Waals surface area contributed by atoms with Crippen molar-refractivity contribution < 1.29 is 31.8 Å². The van der Waals surface area contributed by atoms with E-state index in [2.05, 4.69) is 0 Å². The zero-order valence-corrected chi connectivity index (χ0v) is 20.1. The van der Waals surface area contributed by atoms with Crippen molar-refractivity contribution in [3.05, 3.63) is 28.5 Å². The second-order valence-corrected chi connectivity index (χ2v) is 10.9. The van der Waals surface area contributed by atoms with E-state index in [0.29, 0.717) is 82.0 Å². The molecule has 33 heavy (non-hydrogen) atoms. The van der Waals surface area contributed by atoms with E-state index in [1.54, 1.807) is 11.8 Å². The number of morpholine rings is 1. The van der Waals surface area contributed by atoms with Crippen molar-refractivity contribution in [1.82, 2.24) is 9.21 Å². The second-order valence-electron chi connectivity index (χ2n) is 9.00. The Hall–Kier alpha value is -1.98. The molecule has 0 radical (unpaired) electrons. The fourth-order valence-corrected chi connectivity index (χ4v) is 6.80. The number of ether oxygens (including phenoxy) is 3. The lowest BCUT2D eigenvalue weighted by atomic mass is 10.0. The standard InChI is InChI=1S/C23H30N2O7S/c1-15-14-18-17(3)19(22(26)24-8-10-29-11-9-24)32-20(18)21(16(15)2)33(27,28)25-6-4-23(5-7-25)30-12-13-31-23/h14H,4-13H2,1-3H3. The van der Waals surface area contributed by atoms with Crippen molar-refractivity contribution in [3.63, 3.8) is 0 Å². The molecule has 3 saturated heterocycles. The Morgan fingerprint density at radius 3 is 2.21 bits per heavy atom. The topological polar surface area (TPSA) is 98.5 Å². The number of hydrogen-bond donors (Lipinski definition) is 0. The molecule has 0 saturated carbocycles. The minimum Gasteiger partial charge on any atom is -0.449 e. The molecule has 3 fully saturated rings. The van der Waals surface area contributed by atoms with Gasteiger partial charge in [-0.05, 0) is 38.0 Å². The number of fused-ring (bicyclic) bond motifs is 1. The fraction of sp³-hybridized carbons (Fsp3) is 0.609. The van der Waals surface area contributed by atoms with E-state index < -0.39 is 15.8 Å². The molecule has 3 aliphatic rings. The van der Waals surface area contributed by atoms with Crippen LogP contribution in [0.15, 0.2) is 15.4 Å². The van der Waals surface area contributed by atoms with Crippen molar-refractivity contribution in [1.29, 1.82) is 0 Å². The molecule has 2 aromatic rings. The summed E-state index contributed by atoms with van der Waals surface area (Å²) in [4.78, 5) is 15.0. The number of benzene rings is 1. The predicted octanol–water partition coefficient (Wildman–Crippen LogP) is 2.36. The first-order valence-corrected chi connectivity index (χ1v) is 12.9. The van der Waals surface area contributed by atoms with Gasteiger partial charge in [0.1, 0.15) is 4.90 Å². The molecule has 5 rings (SSSR count). The van der Waals surface area contributed by atoms with Crippen LogP contribution in [0.3, 0.4) is 0 Å². The van der Waals surface area contributed by atoms with Crippen molar-refractivity contribution in [2.75, 3.05) is 52.6 Å². The van der Waals surface area contributed by atoms with Crippen molar-refractivity contribution in [2.45, 2.75) is 44.3 Å². The van der Waals surface area contributed by atoms with Gasteiger partial charge in [-0.1, -0.05) is 0 Å². The van der Waals surface area contributed by atoms with Gasteiger partial charge in [-0.15, -0.1) is 0 Å². The summed E-state index contributed by atoms with van der Waals surface area (Å²) in [6.07, 6.45) is 0.969. The molecule has 1 aromatic heterocycles. The van der Waals surface area contributed by atoms with Crippen LogP contribution >= 0.6 is 0 Å². The molecule has 1 spiro atoms. The lowest BCUT2D eigenvalue weighted by molar-refractivity contribution is -0.179. The summed E-state index contributed by atoms with van der Waals surface area (Å²) in [6.45, 7) is 9.09. The number of aryl methyl sites for hydroxylation is 2. The van der Waals surface area contributed by atoms with Crippen LogP contribution in [0.1, 0.15) is 40.1 Å². The number of furan rings is 1. The number of carbonyl (C=O) groups excluding carboxylic acids is 1. The van der Waals surface area contributed by atoms with Gasteiger partial charge in [0.05, 0.1) is 26.4 Å². The van der Waals surface area contributed by atoms with Gasteiger partial charge in [0.15, 0.2) is 17.1 Å². The van der Waals surface area contributed by atoms with Crippen LogP contribution in [0, 0.1) is 20.8 Å². The van der Waals surface area contributed by atoms with E-state index in [0.717, 1.165) is 5.56 Å². The molecule has 0 atom stereocenters. The fourth-order valence-electron chi connectivity index (χ4n) is 4.95. The number of hydrogen-bond acceptors (Lipinski definition) is 7. The summed E-state index contributed by atoms with van der Waals surface area (Å²) in [5, 5.41) is 0.657. The molecule has 1 aromatic carbocycles. The largest absolute Gasteiger partial charge is 0.449 e. The maximum Gasteiger partial charge on any atom is 0.290 e. The Kier molecular flexibility index (Phi) is 5.77. The Balaban J connectivity index is 1.54. The first-order chi connectivity index (χ1) is 15.7. The Morgan fingerprint density at radius 1 is 0.939 bits per heavy atom. The van der Waals surface area contributed by atoms with Crippen LogP contribution in [-0.4, -0.2) is 81.9 Å². The van der Waals surface area contributed by atoms with E-state index in [1.165, 1.54) is 4.31 Å². The van der Waals surface area contributed by atoms with E-state index in [1.807, 2.05) is 19.9 Å². The van der Waals surface area contributed by atoms with E-state index >= 15 is 0 Å². The van der Waals surface area contributed by atoms with Crippen LogP contribution in [0.5, 0.6) is 0 Å². The van der Waals surface area contributed by atoms with Gasteiger partial charge in [0, 0.05) is 50.0 Å². The van der Waals surface area contributed by atoms with Crippen LogP contribution in [0.4, 0.5) is 0 Å². The number of piperidine rings is 1. The first-order valence-electron chi connectivity index (χ1n) is 11.4. The molecule has 0 bridgehead atoms. The monoisotopic (exact) mass is 478 g/mol. The Bertz CT molecular complexity index is 1180. The SMILES string of the molecule is Cc1cc2c(C)c(C(=O)N3CCOCC3)oc2c(S(=O)(=O)N2CCC3(CC2)OCCO3)c1C. The quantitative estimate of drug-likeness (QED) is 0.668. The van der Waals surface area contributed by atoms with Crippen LogP contribution < -0.4 is 0 Å². The number of rotatable bonds is 3. The Labute approximate surface area is 193 Å². The zero-order valence-electron chi connectivity index (χ0n) is 19.3. The molecule has 180 valence electrons. The summed E-state index contributed by atoms with van der Waals surface area (Å²) in [7, 11) is -3.86. The number of nitrogens with zero attached hydrogens (tertiary/aromatic N) is 2. The zero-order chi connectivity index (χ0) is 23.4. The van der Waals surface area contributed by atoms with Crippen molar-refractivity contribution >= 4 is 26.9 Å². The maximum absolute atomic E-state index is 13.8. The predicted molar refractivity (Wildman–Crippen MR) is 120 cm³/mol. The Morgan fingerprint density at radius 2 is 1.58 bits per heavy atom. The van der Waals surface area contributed by atoms with E-state index in [-0.39, 0.29) is 22.1 Å². The average molecular weight is 479 g/mol. The van der Waals surface area contributed by atoms with Gasteiger partial charge in [-0.3, -0.25) is 4.79 Å². The van der Waals surface area contributed by atoms with Crippen LogP contribution in [0.25, 0.3) is 11.0 Å². The summed E-state index contributed by atoms with van der Waals surface area (Å²) in [6, 6.07) is 1.91. The highest BCUT2D eigenvalue weighted by Gasteiger charge is 2.44. The molecule has 0 unspecified atom stereocenters. The lowest BCUT2D eigenvalue weighted by Gasteiger charge is -2.37. The maximum atomic E-state index is 13.8. The summed E-state index contributed by atoms with van der Waals surface area (Å²) in [5.41, 5.74) is 2.38. The van der Waals surface area contributed by atoms with E-state index in [9.17, 15) is 13.2 Å². The minimum absolute atomic E-state index is 0.144. The molecule has 10 heteroatoms. The van der Waals surface area contributed by atoms with Crippen LogP contribution in [0.2, 0.25) is 0 Å². The van der Waals surface area contributed by atoms with Gasteiger partial charge < -0.3 is 23.5 Å². The van der Waals surface area contributed by atoms with Crippen LogP contribution in [-0.2, 0) is 24.2 Å². The van der Waals surface area contributed by atoms with E-state index in [4.69, 9.17) is 18.6 Å². The molecule has 9 nitrogen and oxygen atoms in total. The second kappa shape index (κ2) is 8.35. The lowest BCUT2D eigenvalue weighted by Crippen LogP contribution is -2.47. The van der Waals surface area contributed by atoms with Gasteiger partial charge >= 0.3 is 0 Å². The molecule has 4 heterocycles. The smallest absolute Gasteiger partial charge is 0.290 e. The summed E-state index contributed by atoms with van der Waals surface area (Å²) in [5.74, 6) is -0.707. The number of sulfonamides is 1. The highest BCUT2D eigenvalue weighted by atomic mass is 32.2. The highest BCUT2D eigenvalue weighted by Crippen LogP contribution is 2.39. The van der Waals surface area contributed by atoms with Gasteiger partial charge in [-0.2, -0.15) is 4.31 Å². The minimum atomic E-state index is -3.86. The molecule has 0 aliphatic carbocycles. The summed E-state index contributed by atoms with van der Waals surface area (Å²) >= 11 is 0. The van der Waals surface area contributed by atoms with Crippen molar-refractivity contribution in [3.8, 4) is 0 Å². The molecule has 0 N–H and O–H groups in total. The van der Waals surface area contributed by atoms with Gasteiger partial charge in [-0.25, -0.2) is 8.42 Å². The third-order valence-corrected chi connectivity index (χ3v) is 9.13. The number of carbonyl (C=O) groups is 1. The summed E-state index contributed by atoms with van der Waals surface area (Å²) < 4.78 is 52.1. The molecule has 1 amide bonds. The third-order valence-electron chi connectivity index (χ3n) is 7.08. The van der Waals surface area contributed by atoms with Gasteiger partial charge in [0.25, 0.3) is 5.91 Å². The van der Waals surface area contributed by atoms with Crippen molar-refractivity contribution in [2.24, 2.45) is 0 Å². The highest BCUT2D eigenvalue weighted by molar-refractivity contribution is 7.89. The number of amides is 1. The average Bonchev–Trinajstić information content (AvgIpc) is 3.39.